The van der Waals surface area contributed by atoms with E-state index >= 15 is 0 Å². The molecule has 218 valence electrons. The molecule has 41 heavy (non-hydrogen) atoms. The molecule has 4 atom stereocenters. The molecular formula is C30H35BBrNO8. The number of allylic oxidation sites excluding steroid dienone is 1. The monoisotopic (exact) mass is 627 g/mol. The van der Waals surface area contributed by atoms with Gasteiger partial charge in [0.1, 0.15) is 5.75 Å². The number of amides is 2. The summed E-state index contributed by atoms with van der Waals surface area (Å²) in [6, 6.07) is 11.1. The number of methoxy groups -OCH3 is 1. The fourth-order valence-electron chi connectivity index (χ4n) is 6.03. The van der Waals surface area contributed by atoms with Gasteiger partial charge >= 0.3 is 7.12 Å². The van der Waals surface area contributed by atoms with Crippen LogP contribution in [0.1, 0.15) is 38.2 Å². The van der Waals surface area contributed by atoms with Crippen molar-refractivity contribution in [1.82, 2.24) is 0 Å². The Labute approximate surface area is 248 Å². The molecule has 2 aromatic rings. The minimum absolute atomic E-state index is 0.141. The minimum Gasteiger partial charge on any atom is -0.507 e. The third-order valence-corrected chi connectivity index (χ3v) is 8.52. The summed E-state index contributed by atoms with van der Waals surface area (Å²) in [6.45, 7) is 1.69. The molecule has 2 aromatic carbocycles. The number of imide groups is 1. The van der Waals surface area contributed by atoms with Gasteiger partial charge in [0, 0.05) is 23.1 Å². The second-order valence-electron chi connectivity index (χ2n) is 10.5. The summed E-state index contributed by atoms with van der Waals surface area (Å²) in [5.41, 5.74) is 3.24. The number of rotatable bonds is 11. The molecule has 0 aromatic heterocycles. The lowest BCUT2D eigenvalue weighted by Gasteiger charge is -2.36. The van der Waals surface area contributed by atoms with Crippen LogP contribution in [0.3, 0.4) is 0 Å². The predicted molar refractivity (Wildman–Crippen MR) is 159 cm³/mol. The predicted octanol–water partition coefficient (Wildman–Crippen LogP) is 2.53. The first-order chi connectivity index (χ1) is 19.6. The largest absolute Gasteiger partial charge is 0.507 e. The summed E-state index contributed by atoms with van der Waals surface area (Å²) < 4.78 is 6.24. The SMILES string of the molecule is CC/C(=C\c1cc(Br)ccc1O)CC[C@@H](O)C1=C(COC)C[C@H]2C(=O)N(c3cccc(B(O)O)c3)C(=O)[C@H]2[C@H]1CO. The van der Waals surface area contributed by atoms with Crippen LogP contribution in [0.4, 0.5) is 5.69 Å². The lowest BCUT2D eigenvalue weighted by Crippen LogP contribution is -2.40. The summed E-state index contributed by atoms with van der Waals surface area (Å²) in [7, 11) is -0.250. The highest BCUT2D eigenvalue weighted by molar-refractivity contribution is 9.10. The smallest absolute Gasteiger partial charge is 0.488 e. The molecule has 2 amide bonds. The Balaban J connectivity index is 1.62. The summed E-state index contributed by atoms with van der Waals surface area (Å²) in [5, 5.41) is 51.4. The number of fused-ring (bicyclic) bond motifs is 1. The van der Waals surface area contributed by atoms with Gasteiger partial charge in [-0.2, -0.15) is 0 Å². The Bertz CT molecular complexity index is 1360. The minimum atomic E-state index is -1.76. The Morgan fingerprint density at radius 1 is 1.20 bits per heavy atom. The van der Waals surface area contributed by atoms with Crippen molar-refractivity contribution in [2.24, 2.45) is 17.8 Å². The fourth-order valence-corrected chi connectivity index (χ4v) is 6.41. The van der Waals surface area contributed by atoms with Crippen molar-refractivity contribution < 1.29 is 39.7 Å². The molecule has 2 aliphatic rings. The van der Waals surface area contributed by atoms with Crippen molar-refractivity contribution in [3.8, 4) is 5.75 Å². The van der Waals surface area contributed by atoms with E-state index in [0.717, 1.165) is 14.9 Å². The van der Waals surface area contributed by atoms with Gasteiger partial charge in [-0.05, 0) is 72.6 Å². The van der Waals surface area contributed by atoms with E-state index in [0.29, 0.717) is 36.0 Å². The molecule has 0 unspecified atom stereocenters. The number of hydrogen-bond donors (Lipinski definition) is 5. The number of benzene rings is 2. The third kappa shape index (κ3) is 6.50. The quantitative estimate of drug-likeness (QED) is 0.145. The van der Waals surface area contributed by atoms with E-state index in [-0.39, 0.29) is 29.9 Å². The van der Waals surface area contributed by atoms with E-state index in [1.165, 1.54) is 25.3 Å². The van der Waals surface area contributed by atoms with Crippen LogP contribution in [-0.2, 0) is 14.3 Å². The molecule has 0 bridgehead atoms. The zero-order valence-electron chi connectivity index (χ0n) is 23.0. The van der Waals surface area contributed by atoms with E-state index in [9.17, 15) is 35.0 Å². The fraction of sp³-hybridized carbons (Fsp3) is 0.400. The first-order valence-corrected chi connectivity index (χ1v) is 14.4. The van der Waals surface area contributed by atoms with Crippen LogP contribution in [0.2, 0.25) is 0 Å². The molecule has 11 heteroatoms. The number of phenols is 1. The van der Waals surface area contributed by atoms with E-state index in [1.807, 2.05) is 19.1 Å². The van der Waals surface area contributed by atoms with Gasteiger partial charge in [0.05, 0.1) is 36.8 Å². The van der Waals surface area contributed by atoms with E-state index in [4.69, 9.17) is 4.74 Å². The second kappa shape index (κ2) is 13.5. The highest BCUT2D eigenvalue weighted by atomic mass is 79.9. The van der Waals surface area contributed by atoms with Crippen molar-refractivity contribution >= 4 is 52.1 Å². The molecule has 0 spiro atoms. The Morgan fingerprint density at radius 2 is 1.95 bits per heavy atom. The summed E-state index contributed by atoms with van der Waals surface area (Å²) in [6.07, 6.45) is 2.62. The lowest BCUT2D eigenvalue weighted by molar-refractivity contribution is -0.123. The average Bonchev–Trinajstić information content (AvgIpc) is 3.20. The van der Waals surface area contributed by atoms with Crippen molar-refractivity contribution in [1.29, 1.82) is 0 Å². The first kappa shape index (κ1) is 31.1. The maximum absolute atomic E-state index is 13.7. The van der Waals surface area contributed by atoms with Crippen LogP contribution in [0.5, 0.6) is 5.75 Å². The molecule has 0 saturated carbocycles. The van der Waals surface area contributed by atoms with Gasteiger partial charge in [0.15, 0.2) is 0 Å². The van der Waals surface area contributed by atoms with Gasteiger partial charge in [-0.3, -0.25) is 14.5 Å². The summed E-state index contributed by atoms with van der Waals surface area (Å²) in [4.78, 5) is 28.3. The number of aromatic hydroxyl groups is 1. The second-order valence-corrected chi connectivity index (χ2v) is 11.4. The number of halogens is 1. The molecule has 1 saturated heterocycles. The van der Waals surface area contributed by atoms with Crippen molar-refractivity contribution in [2.45, 2.75) is 38.7 Å². The molecule has 1 fully saturated rings. The van der Waals surface area contributed by atoms with Gasteiger partial charge in [-0.25, -0.2) is 0 Å². The van der Waals surface area contributed by atoms with Crippen LogP contribution >= 0.6 is 15.9 Å². The van der Waals surface area contributed by atoms with Crippen molar-refractivity contribution in [3.05, 3.63) is 69.2 Å². The maximum Gasteiger partial charge on any atom is 0.488 e. The number of ether oxygens (including phenoxy) is 1. The van der Waals surface area contributed by atoms with Crippen LogP contribution in [0.25, 0.3) is 6.08 Å². The number of aliphatic hydroxyl groups excluding tert-OH is 2. The van der Waals surface area contributed by atoms with Crippen LogP contribution in [0, 0.1) is 17.8 Å². The number of phenolic OH excluding ortho intramolecular Hbond substituents is 1. The van der Waals surface area contributed by atoms with E-state index in [1.54, 1.807) is 18.2 Å². The molecule has 5 N–H and O–H groups in total. The number of carbonyl (C=O) groups is 2. The zero-order valence-corrected chi connectivity index (χ0v) is 24.6. The van der Waals surface area contributed by atoms with Crippen LogP contribution in [-0.4, -0.2) is 70.7 Å². The topological polar surface area (TPSA) is 148 Å². The number of carbonyl (C=O) groups excluding carboxylic acids is 2. The Morgan fingerprint density at radius 3 is 2.61 bits per heavy atom. The van der Waals surface area contributed by atoms with Gasteiger partial charge in [0.25, 0.3) is 0 Å². The van der Waals surface area contributed by atoms with Gasteiger partial charge < -0.3 is 30.1 Å². The van der Waals surface area contributed by atoms with Crippen LogP contribution < -0.4 is 10.4 Å². The molecule has 1 heterocycles. The summed E-state index contributed by atoms with van der Waals surface area (Å²) >= 11 is 3.42. The van der Waals surface area contributed by atoms with Gasteiger partial charge in [0.2, 0.25) is 11.8 Å². The third-order valence-electron chi connectivity index (χ3n) is 8.03. The Hall–Kier alpha value is -2.80. The number of hydrogen-bond acceptors (Lipinski definition) is 8. The zero-order chi connectivity index (χ0) is 29.8. The number of nitrogens with zero attached hydrogens (tertiary/aromatic N) is 1. The van der Waals surface area contributed by atoms with Gasteiger partial charge in [-0.1, -0.05) is 46.6 Å². The number of aliphatic hydroxyl groups is 2. The van der Waals surface area contributed by atoms with Gasteiger partial charge in [-0.15, -0.1) is 0 Å². The highest BCUT2D eigenvalue weighted by Crippen LogP contribution is 2.47. The van der Waals surface area contributed by atoms with E-state index < -0.39 is 49.4 Å². The molecule has 4 rings (SSSR count). The molecule has 1 aliphatic heterocycles. The molecule has 1 aliphatic carbocycles. The maximum atomic E-state index is 13.7. The normalized spacial score (nSPS) is 21.9. The van der Waals surface area contributed by atoms with Crippen molar-refractivity contribution in [2.75, 3.05) is 25.2 Å². The molecule has 0 radical (unpaired) electrons. The average molecular weight is 628 g/mol. The molecule has 9 nitrogen and oxygen atoms in total. The summed E-state index contributed by atoms with van der Waals surface area (Å²) in [5.74, 6) is -3.19. The van der Waals surface area contributed by atoms with Crippen molar-refractivity contribution in [3.63, 3.8) is 0 Å². The first-order valence-electron chi connectivity index (χ1n) is 13.6. The van der Waals surface area contributed by atoms with Crippen LogP contribution in [0.15, 0.2) is 63.7 Å². The van der Waals surface area contributed by atoms with E-state index in [2.05, 4.69) is 15.9 Å². The Kier molecular flexibility index (Phi) is 10.2. The highest BCUT2D eigenvalue weighted by Gasteiger charge is 2.55. The molecular weight excluding hydrogens is 593 g/mol. The standard InChI is InChI=1S/C30H35BBrNO8/c1-3-17(11-18-12-21(32)8-10-25(18)35)7-9-26(36)27-19(16-41-2)13-23-28(24(27)15-34)30(38)33(29(23)37)22-6-4-5-20(14-22)31(39)40/h4-6,8,10-12,14,23-24,26,28,34-36,39-40H,3,7,9,13,15-16H2,1-2H3/b17-11+/t23-,24+,26-,28-/m1/s1. The number of anilines is 1. The lowest BCUT2D eigenvalue weighted by atomic mass is 9.68.